The second-order valence-electron chi connectivity index (χ2n) is 2.33. The van der Waals surface area contributed by atoms with E-state index in [0.29, 0.717) is 0 Å². The van der Waals surface area contributed by atoms with Crippen LogP contribution in [0.5, 0.6) is 5.75 Å². The second-order valence-corrected chi connectivity index (χ2v) is 2.33. The van der Waals surface area contributed by atoms with Crippen LogP contribution in [0.15, 0.2) is 17.2 Å². The van der Waals surface area contributed by atoms with E-state index in [1.807, 2.05) is 0 Å². The Hall–Kier alpha value is -1.81. The lowest BCUT2D eigenvalue weighted by Crippen LogP contribution is -1.96. The van der Waals surface area contributed by atoms with Gasteiger partial charge in [0.2, 0.25) is 5.82 Å². The maximum absolute atomic E-state index is 13.1. The Labute approximate surface area is 78.7 Å². The SMILES string of the molecule is CCOc1ccc(N=[N+]=[N-])c(F)c1F. The minimum absolute atomic E-state index is 0.193. The molecule has 0 atom stereocenters. The van der Waals surface area contributed by atoms with Crippen LogP contribution in [0, 0.1) is 11.6 Å². The third kappa shape index (κ3) is 1.92. The van der Waals surface area contributed by atoms with Gasteiger partial charge in [0.1, 0.15) is 0 Å². The lowest BCUT2D eigenvalue weighted by atomic mass is 10.3. The molecule has 0 aliphatic heterocycles. The molecule has 0 heterocycles. The van der Waals surface area contributed by atoms with Crippen molar-refractivity contribution in [1.29, 1.82) is 0 Å². The summed E-state index contributed by atoms with van der Waals surface area (Å²) in [5.41, 5.74) is 7.66. The molecule has 0 aliphatic carbocycles. The van der Waals surface area contributed by atoms with Gasteiger partial charge in [0.15, 0.2) is 11.6 Å². The predicted molar refractivity (Wildman–Crippen MR) is 46.3 cm³/mol. The van der Waals surface area contributed by atoms with Crippen molar-refractivity contribution in [1.82, 2.24) is 0 Å². The molecule has 0 fully saturated rings. The summed E-state index contributed by atoms with van der Waals surface area (Å²) in [5, 5.41) is 2.98. The molecule has 74 valence electrons. The van der Waals surface area contributed by atoms with Gasteiger partial charge in [-0.3, -0.25) is 0 Å². The smallest absolute Gasteiger partial charge is 0.201 e. The predicted octanol–water partition coefficient (Wildman–Crippen LogP) is 3.31. The summed E-state index contributed by atoms with van der Waals surface area (Å²) in [4.78, 5) is 2.36. The van der Waals surface area contributed by atoms with Crippen molar-refractivity contribution >= 4 is 5.69 Å². The first kappa shape index (κ1) is 10.3. The van der Waals surface area contributed by atoms with Crippen molar-refractivity contribution < 1.29 is 13.5 Å². The average molecular weight is 199 g/mol. The molecule has 1 rings (SSSR count). The first-order valence-electron chi connectivity index (χ1n) is 3.86. The molecule has 1 aromatic carbocycles. The number of halogens is 2. The molecule has 0 radical (unpaired) electrons. The number of hydrogen-bond acceptors (Lipinski definition) is 2. The van der Waals surface area contributed by atoms with Crippen molar-refractivity contribution in [2.75, 3.05) is 6.61 Å². The fourth-order valence-electron chi connectivity index (χ4n) is 0.914. The normalized spacial score (nSPS) is 9.36. The van der Waals surface area contributed by atoms with Crippen molar-refractivity contribution in [3.8, 4) is 5.75 Å². The summed E-state index contributed by atoms with van der Waals surface area (Å²) < 4.78 is 30.9. The Morgan fingerprint density at radius 3 is 2.71 bits per heavy atom. The minimum atomic E-state index is -1.20. The molecule has 0 amide bonds. The van der Waals surface area contributed by atoms with Crippen molar-refractivity contribution in [3.05, 3.63) is 34.2 Å². The third-order valence-corrected chi connectivity index (χ3v) is 1.48. The van der Waals surface area contributed by atoms with Gasteiger partial charge < -0.3 is 4.74 Å². The van der Waals surface area contributed by atoms with E-state index in [-0.39, 0.29) is 18.0 Å². The van der Waals surface area contributed by atoms with E-state index in [0.717, 1.165) is 6.07 Å². The van der Waals surface area contributed by atoms with Gasteiger partial charge in [-0.1, -0.05) is 5.11 Å². The van der Waals surface area contributed by atoms with Crippen LogP contribution in [-0.2, 0) is 0 Å². The molecule has 0 unspecified atom stereocenters. The highest BCUT2D eigenvalue weighted by Gasteiger charge is 2.12. The van der Waals surface area contributed by atoms with E-state index in [4.69, 9.17) is 10.3 Å². The zero-order valence-corrected chi connectivity index (χ0v) is 7.37. The van der Waals surface area contributed by atoms with Crippen LogP contribution in [0.3, 0.4) is 0 Å². The second kappa shape index (κ2) is 4.43. The van der Waals surface area contributed by atoms with Gasteiger partial charge in [-0.15, -0.1) is 0 Å². The molecule has 0 spiro atoms. The fourth-order valence-corrected chi connectivity index (χ4v) is 0.914. The quantitative estimate of drug-likeness (QED) is 0.418. The molecule has 0 bridgehead atoms. The number of nitrogens with zero attached hydrogens (tertiary/aromatic N) is 3. The monoisotopic (exact) mass is 199 g/mol. The van der Waals surface area contributed by atoms with Crippen LogP contribution < -0.4 is 4.74 Å². The Kier molecular flexibility index (Phi) is 3.25. The van der Waals surface area contributed by atoms with Gasteiger partial charge >= 0.3 is 0 Å². The van der Waals surface area contributed by atoms with Crippen LogP contribution in [0.2, 0.25) is 0 Å². The fraction of sp³-hybridized carbons (Fsp3) is 0.250. The van der Waals surface area contributed by atoms with Crippen LogP contribution in [0.25, 0.3) is 10.4 Å². The highest BCUT2D eigenvalue weighted by Crippen LogP contribution is 2.27. The van der Waals surface area contributed by atoms with E-state index >= 15 is 0 Å². The molecule has 14 heavy (non-hydrogen) atoms. The minimum Gasteiger partial charge on any atom is -0.491 e. The maximum atomic E-state index is 13.1. The molecule has 6 heteroatoms. The topological polar surface area (TPSA) is 58.0 Å². The van der Waals surface area contributed by atoms with Gasteiger partial charge in [-0.05, 0) is 24.6 Å². The maximum Gasteiger partial charge on any atom is 0.201 e. The molecule has 4 nitrogen and oxygen atoms in total. The Balaban J connectivity index is 3.18. The molecule has 0 aliphatic rings. The zero-order chi connectivity index (χ0) is 10.6. The summed E-state index contributed by atoms with van der Waals surface area (Å²) in [7, 11) is 0. The highest BCUT2D eigenvalue weighted by molar-refractivity contribution is 5.44. The van der Waals surface area contributed by atoms with E-state index in [1.54, 1.807) is 6.92 Å². The Morgan fingerprint density at radius 2 is 2.14 bits per heavy atom. The van der Waals surface area contributed by atoms with E-state index in [2.05, 4.69) is 10.0 Å². The van der Waals surface area contributed by atoms with Gasteiger partial charge in [0, 0.05) is 4.91 Å². The first-order valence-corrected chi connectivity index (χ1v) is 3.86. The highest BCUT2D eigenvalue weighted by atomic mass is 19.2. The summed E-state index contributed by atoms with van der Waals surface area (Å²) in [6, 6.07) is 2.37. The number of benzene rings is 1. The Bertz CT molecular complexity index is 388. The van der Waals surface area contributed by atoms with Crippen LogP contribution >= 0.6 is 0 Å². The molecular weight excluding hydrogens is 192 g/mol. The van der Waals surface area contributed by atoms with E-state index in [9.17, 15) is 8.78 Å². The van der Waals surface area contributed by atoms with Gasteiger partial charge in [0.05, 0.1) is 12.3 Å². The van der Waals surface area contributed by atoms with Crippen LogP contribution in [-0.4, -0.2) is 6.61 Å². The molecule has 0 saturated heterocycles. The number of rotatable bonds is 3. The Morgan fingerprint density at radius 1 is 1.43 bits per heavy atom. The summed E-state index contributed by atoms with van der Waals surface area (Å²) in [6.45, 7) is 1.88. The molecule has 0 saturated carbocycles. The largest absolute Gasteiger partial charge is 0.491 e. The number of ether oxygens (including phenoxy) is 1. The van der Waals surface area contributed by atoms with Crippen LogP contribution in [0.1, 0.15) is 6.92 Å². The lowest BCUT2D eigenvalue weighted by molar-refractivity contribution is 0.314. The van der Waals surface area contributed by atoms with E-state index < -0.39 is 11.6 Å². The first-order chi connectivity index (χ1) is 6.70. The van der Waals surface area contributed by atoms with Gasteiger partial charge in [-0.25, -0.2) is 4.39 Å². The molecule has 0 N–H and O–H groups in total. The average Bonchev–Trinajstić information content (AvgIpc) is 2.18. The van der Waals surface area contributed by atoms with Crippen molar-refractivity contribution in [2.45, 2.75) is 6.92 Å². The molecule has 0 aromatic heterocycles. The van der Waals surface area contributed by atoms with Crippen LogP contribution in [0.4, 0.5) is 14.5 Å². The third-order valence-electron chi connectivity index (χ3n) is 1.48. The number of hydrogen-bond donors (Lipinski definition) is 0. The lowest BCUT2D eigenvalue weighted by Gasteiger charge is -2.05. The molecule has 1 aromatic rings. The zero-order valence-electron chi connectivity index (χ0n) is 7.37. The number of azide groups is 1. The summed E-state index contributed by atoms with van der Waals surface area (Å²) in [6.07, 6.45) is 0. The van der Waals surface area contributed by atoms with Crippen molar-refractivity contribution in [3.63, 3.8) is 0 Å². The standard InChI is InChI=1S/C8H7F2N3O/c1-2-14-6-4-3-5(12-13-11)7(9)8(6)10/h3-4H,2H2,1H3. The van der Waals surface area contributed by atoms with Crippen molar-refractivity contribution in [2.24, 2.45) is 5.11 Å². The summed E-state index contributed by atoms with van der Waals surface area (Å²) >= 11 is 0. The van der Waals surface area contributed by atoms with Gasteiger partial charge in [0.25, 0.3) is 0 Å². The summed E-state index contributed by atoms with van der Waals surface area (Å²) in [5.74, 6) is -2.53. The van der Waals surface area contributed by atoms with E-state index in [1.165, 1.54) is 6.07 Å². The molecular formula is C8H7F2N3O. The van der Waals surface area contributed by atoms with Gasteiger partial charge in [-0.2, -0.15) is 4.39 Å².